The van der Waals surface area contributed by atoms with Gasteiger partial charge in [0.2, 0.25) is 0 Å². The molecule has 0 saturated carbocycles. The van der Waals surface area contributed by atoms with Gasteiger partial charge in [0.05, 0.1) is 22.8 Å². The van der Waals surface area contributed by atoms with Crippen LogP contribution in [0, 0.1) is 0 Å². The van der Waals surface area contributed by atoms with Crippen LogP contribution in [0.15, 0.2) is 36.4 Å². The molecule has 0 aliphatic heterocycles. The third kappa shape index (κ3) is 3.70. The minimum absolute atomic E-state index is 0. The Morgan fingerprint density at radius 3 is 1.42 bits per heavy atom. The summed E-state index contributed by atoms with van der Waals surface area (Å²) in [4.78, 5) is 41.1. The van der Waals surface area contributed by atoms with Crippen LogP contribution in [-0.4, -0.2) is 93.5 Å². The van der Waals surface area contributed by atoms with Crippen LogP contribution < -0.4 is 0 Å². The van der Waals surface area contributed by atoms with Crippen LogP contribution in [-0.2, 0) is 25.7 Å². The molecule has 0 atom stereocenters. The first-order valence-corrected chi connectivity index (χ1v) is 10.3. The van der Waals surface area contributed by atoms with Gasteiger partial charge in [-0.1, -0.05) is 12.1 Å². The minimum Gasteiger partial charge on any atom is -0.477 e. The van der Waals surface area contributed by atoms with Crippen LogP contribution in [0.4, 0.5) is 0 Å². The van der Waals surface area contributed by atoms with Crippen molar-refractivity contribution in [2.45, 2.75) is 25.7 Å². The number of aromatic carboxylic acids is 2. The van der Waals surface area contributed by atoms with Crippen molar-refractivity contribution >= 4 is 74.4 Å². The summed E-state index contributed by atoms with van der Waals surface area (Å²) in [5, 5.41) is 19.6. The van der Waals surface area contributed by atoms with Crippen molar-refractivity contribution in [1.82, 2.24) is 19.9 Å². The topological polar surface area (TPSA) is 126 Å². The Morgan fingerprint density at radius 1 is 0.606 bits per heavy atom. The van der Waals surface area contributed by atoms with E-state index >= 15 is 0 Å². The van der Waals surface area contributed by atoms with Crippen LogP contribution in [0.5, 0.6) is 0 Å². The Morgan fingerprint density at radius 2 is 1.00 bits per heavy atom. The van der Waals surface area contributed by atoms with Gasteiger partial charge < -0.3 is 10.2 Å². The summed E-state index contributed by atoms with van der Waals surface area (Å²) in [6, 6.07) is 10.7. The number of carbonyl (C=O) groups is 2. The maximum atomic E-state index is 11.4. The largest absolute Gasteiger partial charge is 0.477 e. The molecule has 6 rings (SSSR count). The molecule has 4 heterocycles. The average Bonchev–Trinajstić information content (AvgIpc) is 2.80. The number of pyridine rings is 4. The second kappa shape index (κ2) is 8.34. The van der Waals surface area contributed by atoms with E-state index in [9.17, 15) is 19.8 Å². The van der Waals surface area contributed by atoms with Crippen molar-refractivity contribution in [3.8, 4) is 22.8 Å². The van der Waals surface area contributed by atoms with E-state index in [0.717, 1.165) is 53.3 Å². The zero-order valence-corrected chi connectivity index (χ0v) is 20.9. The Bertz CT molecular complexity index is 1390. The second-order valence-electron chi connectivity index (χ2n) is 8.06. The summed E-state index contributed by atoms with van der Waals surface area (Å²) < 4.78 is 0. The van der Waals surface area contributed by atoms with Crippen molar-refractivity contribution in [1.29, 1.82) is 0 Å². The molecule has 2 aliphatic carbocycles. The fraction of sp³-hybridized carbons (Fsp3) is 0.167. The van der Waals surface area contributed by atoms with Crippen molar-refractivity contribution in [3.63, 3.8) is 0 Å². The third-order valence-corrected chi connectivity index (χ3v) is 6.13. The number of carboxylic acids is 2. The van der Waals surface area contributed by atoms with Gasteiger partial charge >= 0.3 is 11.9 Å². The van der Waals surface area contributed by atoms with Crippen LogP contribution in [0.3, 0.4) is 0 Å². The zero-order chi connectivity index (χ0) is 22.0. The molecule has 2 N–H and O–H groups in total. The predicted octanol–water partition coefficient (Wildman–Crippen LogP) is 2.97. The zero-order valence-electron chi connectivity index (χ0n) is 17.8. The van der Waals surface area contributed by atoms with E-state index in [-0.39, 0.29) is 62.8 Å². The van der Waals surface area contributed by atoms with E-state index in [1.165, 1.54) is 12.1 Å². The molecule has 4 aromatic rings. The van der Waals surface area contributed by atoms with E-state index < -0.39 is 11.9 Å². The average molecular weight is 464 g/mol. The van der Waals surface area contributed by atoms with Gasteiger partial charge in [0.25, 0.3) is 0 Å². The first kappa shape index (κ1) is 22.2. The summed E-state index contributed by atoms with van der Waals surface area (Å²) in [6.45, 7) is 0. The van der Waals surface area contributed by atoms with Crippen LogP contribution in [0.2, 0.25) is 0 Å². The molecule has 0 spiro atoms. The van der Waals surface area contributed by atoms with Gasteiger partial charge in [-0.15, -0.1) is 0 Å². The van der Waals surface area contributed by atoms with Crippen LogP contribution in [0.25, 0.3) is 33.8 Å². The molecule has 157 valence electrons. The molecule has 1 radical (unpaired) electrons. The molecule has 0 bridgehead atoms. The molecule has 8 nitrogen and oxygen atoms in total. The van der Waals surface area contributed by atoms with E-state index in [1.807, 2.05) is 0 Å². The number of carboxylic acid groups (broad SMARTS) is 2. The van der Waals surface area contributed by atoms with Gasteiger partial charge in [0.1, 0.15) is 11.4 Å². The monoisotopic (exact) mass is 463 g/mol. The van der Waals surface area contributed by atoms with E-state index in [4.69, 9.17) is 9.97 Å². The van der Waals surface area contributed by atoms with Gasteiger partial charge in [-0.2, -0.15) is 0 Å². The molecule has 9 heteroatoms. The molecule has 0 amide bonds. The summed E-state index contributed by atoms with van der Waals surface area (Å²) in [5.41, 5.74) is 6.90. The minimum atomic E-state index is -1.08. The molecule has 33 heavy (non-hydrogen) atoms. The van der Waals surface area contributed by atoms with Crippen molar-refractivity contribution in [3.05, 3.63) is 70.0 Å². The molecular formula is C24H16KN4O4. The number of nitrogens with zero attached hydrogens (tertiary/aromatic N) is 4. The molecule has 2 aliphatic rings. The van der Waals surface area contributed by atoms with Crippen LogP contribution in [0.1, 0.15) is 43.2 Å². The first-order chi connectivity index (χ1) is 15.5. The molecule has 0 aromatic carbocycles. The standard InChI is InChI=1S/C24H16N4O4.K/c29-23(30)16-7-5-11-1-3-13-9-15-10-14-4-2-12-6-8-17(24(31)32)26-19(12)21(14)28-22(15)27-20(13)18(11)25-16;/h5-10H,1-4H2,(H,29,30)(H,31,32);. The van der Waals surface area contributed by atoms with E-state index in [1.54, 1.807) is 12.1 Å². The maximum absolute atomic E-state index is 11.4. The second-order valence-corrected chi connectivity index (χ2v) is 8.06. The summed E-state index contributed by atoms with van der Waals surface area (Å²) in [5.74, 6) is -2.16. The first-order valence-electron chi connectivity index (χ1n) is 10.3. The molecule has 0 fully saturated rings. The Kier molecular flexibility index (Phi) is 5.62. The Hall–Kier alpha value is -2.56. The van der Waals surface area contributed by atoms with Crippen LogP contribution >= 0.6 is 0 Å². The third-order valence-electron chi connectivity index (χ3n) is 6.13. The van der Waals surface area contributed by atoms with E-state index in [2.05, 4.69) is 22.1 Å². The van der Waals surface area contributed by atoms with Crippen molar-refractivity contribution < 1.29 is 19.8 Å². The van der Waals surface area contributed by atoms with Gasteiger partial charge in [-0.3, -0.25) is 0 Å². The number of rotatable bonds is 2. The van der Waals surface area contributed by atoms with Gasteiger partial charge in [-0.05, 0) is 72.2 Å². The quantitative estimate of drug-likeness (QED) is 0.435. The number of aryl methyl sites for hydroxylation is 4. The molecule has 0 unspecified atom stereocenters. The fourth-order valence-electron chi connectivity index (χ4n) is 4.55. The smallest absolute Gasteiger partial charge is 0.354 e. The van der Waals surface area contributed by atoms with Crippen molar-refractivity contribution in [2.75, 3.05) is 0 Å². The number of hydrogen-bond acceptors (Lipinski definition) is 6. The Labute approximate surface area is 230 Å². The summed E-state index contributed by atoms with van der Waals surface area (Å²) in [6.07, 6.45) is 3.14. The molecular weight excluding hydrogens is 447 g/mol. The van der Waals surface area contributed by atoms with Gasteiger partial charge in [0.15, 0.2) is 5.65 Å². The molecule has 4 aromatic heterocycles. The van der Waals surface area contributed by atoms with Crippen molar-refractivity contribution in [2.24, 2.45) is 0 Å². The maximum Gasteiger partial charge on any atom is 0.354 e. The van der Waals surface area contributed by atoms with E-state index in [0.29, 0.717) is 28.4 Å². The van der Waals surface area contributed by atoms with Gasteiger partial charge in [-0.25, -0.2) is 29.5 Å². The molecule has 0 saturated heterocycles. The predicted molar refractivity (Wildman–Crippen MR) is 120 cm³/mol. The number of aromatic nitrogens is 4. The fourth-order valence-corrected chi connectivity index (χ4v) is 4.55. The van der Waals surface area contributed by atoms with Gasteiger partial charge in [0, 0.05) is 56.8 Å². The summed E-state index contributed by atoms with van der Waals surface area (Å²) in [7, 11) is 0. The SMILES string of the molecule is O=C(O)c1ccc2c(n1)-c1nc3nc4c(cc3cc1CC2)CCc1ccc(C(=O)O)nc1-4.[K]. The normalized spacial score (nSPS) is 13.2. The summed E-state index contributed by atoms with van der Waals surface area (Å²) >= 11 is 0. The number of fused-ring (bicyclic) bond motifs is 7. The Balaban J connectivity index is 0.00000228. The number of hydrogen-bond donors (Lipinski definition) is 2.